The number of fused-ring (bicyclic) bond motifs is 1. The minimum atomic E-state index is -0.403. The molecule has 0 amide bonds. The smallest absolute Gasteiger partial charge is 0.129 e. The van der Waals surface area contributed by atoms with Gasteiger partial charge >= 0.3 is 0 Å². The van der Waals surface area contributed by atoms with Crippen LogP contribution in [-0.4, -0.2) is 19.3 Å². The highest BCUT2D eigenvalue weighted by Gasteiger charge is 2.11. The van der Waals surface area contributed by atoms with E-state index in [0.717, 1.165) is 47.6 Å². The van der Waals surface area contributed by atoms with Crippen molar-refractivity contribution in [3.05, 3.63) is 88.8 Å². The van der Waals surface area contributed by atoms with E-state index in [0.29, 0.717) is 0 Å². The second-order valence-electron chi connectivity index (χ2n) is 7.77. The molecule has 1 unspecified atom stereocenters. The average molecular weight is 449 g/mol. The summed E-state index contributed by atoms with van der Waals surface area (Å²) in [6, 6.07) is 16.2. The number of methoxy groups -OCH3 is 2. The molecule has 0 saturated heterocycles. The lowest BCUT2D eigenvalue weighted by Gasteiger charge is -2.08. The van der Waals surface area contributed by atoms with Crippen molar-refractivity contribution in [1.29, 1.82) is 0 Å². The second-order valence-corrected chi connectivity index (χ2v) is 8.89. The summed E-state index contributed by atoms with van der Waals surface area (Å²) in [4.78, 5) is 1.05. The molecular formula is C28H32O3S. The number of allylic oxidation sites excluding steroid dienone is 5. The minimum Gasteiger partial charge on any atom is -0.497 e. The Balaban J connectivity index is 1.41. The zero-order valence-corrected chi connectivity index (χ0v) is 19.9. The molecule has 0 aliphatic heterocycles. The molecule has 1 N–H and O–H groups in total. The summed E-state index contributed by atoms with van der Waals surface area (Å²) in [6.45, 7) is 2.12. The number of unbranched alkanes of at least 4 members (excludes halogenated alkanes) is 1. The lowest BCUT2D eigenvalue weighted by atomic mass is 10.1. The molecule has 4 heteroatoms. The van der Waals surface area contributed by atoms with Gasteiger partial charge in [0.25, 0.3) is 0 Å². The molecule has 3 nitrogen and oxygen atoms in total. The number of rotatable bonds is 11. The van der Waals surface area contributed by atoms with Gasteiger partial charge in [0.15, 0.2) is 0 Å². The van der Waals surface area contributed by atoms with Gasteiger partial charge in [-0.05, 0) is 62.3 Å². The minimum absolute atomic E-state index is 0.403. The Kier molecular flexibility index (Phi) is 9.14. The van der Waals surface area contributed by atoms with Gasteiger partial charge in [0.2, 0.25) is 0 Å². The van der Waals surface area contributed by atoms with Gasteiger partial charge in [-0.3, -0.25) is 0 Å². The van der Waals surface area contributed by atoms with Crippen molar-refractivity contribution >= 4 is 27.5 Å². The van der Waals surface area contributed by atoms with Crippen molar-refractivity contribution in [2.75, 3.05) is 14.2 Å². The number of aliphatic hydroxyl groups excluding tert-OH is 1. The first-order valence-electron chi connectivity index (χ1n) is 11.0. The summed E-state index contributed by atoms with van der Waals surface area (Å²) in [5, 5.41) is 11.8. The van der Waals surface area contributed by atoms with Crippen molar-refractivity contribution in [3.63, 3.8) is 0 Å². The maximum atomic E-state index is 10.5. The highest BCUT2D eigenvalue weighted by Crippen LogP contribution is 2.32. The molecule has 1 heterocycles. The van der Waals surface area contributed by atoms with Crippen LogP contribution in [0.1, 0.15) is 49.2 Å². The third-order valence-electron chi connectivity index (χ3n) is 5.34. The predicted octanol–water partition coefficient (Wildman–Crippen LogP) is 7.73. The van der Waals surface area contributed by atoms with Crippen molar-refractivity contribution in [2.45, 2.75) is 38.7 Å². The van der Waals surface area contributed by atoms with Gasteiger partial charge in [-0.2, -0.15) is 0 Å². The average Bonchev–Trinajstić information content (AvgIpc) is 3.26. The van der Waals surface area contributed by atoms with Crippen LogP contribution in [0.3, 0.4) is 0 Å². The van der Waals surface area contributed by atoms with E-state index in [1.165, 1.54) is 15.7 Å². The van der Waals surface area contributed by atoms with E-state index in [4.69, 9.17) is 9.47 Å². The van der Waals surface area contributed by atoms with Crippen molar-refractivity contribution in [3.8, 4) is 11.5 Å². The van der Waals surface area contributed by atoms with Gasteiger partial charge in [0.05, 0.1) is 20.3 Å². The van der Waals surface area contributed by atoms with Crippen molar-refractivity contribution in [2.24, 2.45) is 0 Å². The van der Waals surface area contributed by atoms with Crippen LogP contribution in [0.15, 0.2) is 78.4 Å². The molecule has 3 aromatic rings. The summed E-state index contributed by atoms with van der Waals surface area (Å²) in [5.74, 6) is 1.60. The molecule has 0 spiro atoms. The van der Waals surface area contributed by atoms with Gasteiger partial charge in [-0.15, -0.1) is 11.3 Å². The molecule has 1 aromatic heterocycles. The summed E-state index contributed by atoms with van der Waals surface area (Å²) in [7, 11) is 3.32. The van der Waals surface area contributed by atoms with Gasteiger partial charge in [0.1, 0.15) is 11.5 Å². The number of thiophene rings is 1. The van der Waals surface area contributed by atoms with E-state index >= 15 is 0 Å². The van der Waals surface area contributed by atoms with Crippen LogP contribution in [0.25, 0.3) is 16.2 Å². The van der Waals surface area contributed by atoms with Crippen LogP contribution in [0.4, 0.5) is 0 Å². The number of hydrogen-bond donors (Lipinski definition) is 1. The molecule has 0 fully saturated rings. The van der Waals surface area contributed by atoms with Gasteiger partial charge in [0, 0.05) is 21.2 Å². The van der Waals surface area contributed by atoms with Crippen molar-refractivity contribution < 1.29 is 14.6 Å². The normalized spacial score (nSPS) is 13.3. The fourth-order valence-electron chi connectivity index (χ4n) is 3.44. The van der Waals surface area contributed by atoms with E-state index in [-0.39, 0.29) is 0 Å². The van der Waals surface area contributed by atoms with Gasteiger partial charge in [-0.1, -0.05) is 54.2 Å². The number of aliphatic hydroxyl groups is 1. The molecule has 168 valence electrons. The summed E-state index contributed by atoms with van der Waals surface area (Å²) in [6.07, 6.45) is 13.9. The lowest BCUT2D eigenvalue weighted by molar-refractivity contribution is 0.171. The van der Waals surface area contributed by atoms with Crippen LogP contribution >= 0.6 is 11.3 Å². The monoisotopic (exact) mass is 448 g/mol. The Morgan fingerprint density at radius 1 is 1.03 bits per heavy atom. The topological polar surface area (TPSA) is 38.7 Å². The quantitative estimate of drug-likeness (QED) is 0.241. The SMILES string of the molecule is COc1ccc(/C=C\CC/C=C/C=C(\C)CCC(O)c2cc3ccccc3s2)c(OC)c1. The first-order chi connectivity index (χ1) is 15.6. The zero-order valence-electron chi connectivity index (χ0n) is 19.1. The maximum absolute atomic E-state index is 10.5. The zero-order chi connectivity index (χ0) is 22.8. The number of benzene rings is 2. The molecule has 0 aliphatic rings. The third kappa shape index (κ3) is 6.84. The Morgan fingerprint density at radius 2 is 1.84 bits per heavy atom. The molecule has 0 saturated carbocycles. The highest BCUT2D eigenvalue weighted by atomic mass is 32.1. The molecule has 0 bridgehead atoms. The van der Waals surface area contributed by atoms with E-state index in [1.54, 1.807) is 25.6 Å². The first kappa shape index (κ1) is 23.8. The highest BCUT2D eigenvalue weighted by molar-refractivity contribution is 7.19. The van der Waals surface area contributed by atoms with E-state index in [1.807, 2.05) is 30.3 Å². The van der Waals surface area contributed by atoms with E-state index < -0.39 is 6.10 Å². The largest absolute Gasteiger partial charge is 0.497 e. The Morgan fingerprint density at radius 3 is 2.62 bits per heavy atom. The lowest BCUT2D eigenvalue weighted by Crippen LogP contribution is -1.94. The predicted molar refractivity (Wildman–Crippen MR) is 137 cm³/mol. The molecule has 2 aromatic carbocycles. The molecule has 1 atom stereocenters. The van der Waals surface area contributed by atoms with Gasteiger partial charge < -0.3 is 14.6 Å². The van der Waals surface area contributed by atoms with Gasteiger partial charge in [-0.25, -0.2) is 0 Å². The fraction of sp³-hybridized carbons (Fsp3) is 0.286. The summed E-state index contributed by atoms with van der Waals surface area (Å²) in [5.41, 5.74) is 2.32. The van der Waals surface area contributed by atoms with E-state index in [9.17, 15) is 5.11 Å². The second kappa shape index (κ2) is 12.3. The fourth-order valence-corrected chi connectivity index (χ4v) is 4.53. The summed E-state index contributed by atoms with van der Waals surface area (Å²) >= 11 is 1.68. The van der Waals surface area contributed by atoms with E-state index in [2.05, 4.69) is 55.5 Å². The molecular weight excluding hydrogens is 416 g/mol. The Hall–Kier alpha value is -2.82. The standard InChI is InChI=1S/C28H32O3S/c1-21(15-18-25(29)28-19-23-13-9-10-14-27(23)32-28)11-7-5-4-6-8-12-22-16-17-24(30-2)20-26(22)31-3/h5,7-14,16-17,19-20,25,29H,4,6,15,18H2,1-3H3/b7-5+,12-8-,21-11+. The molecule has 32 heavy (non-hydrogen) atoms. The Bertz CT molecular complexity index is 1060. The van der Waals surface area contributed by atoms with Crippen LogP contribution < -0.4 is 9.47 Å². The van der Waals surface area contributed by atoms with Crippen LogP contribution in [0, 0.1) is 0 Å². The Labute approximate surface area is 195 Å². The summed E-state index contributed by atoms with van der Waals surface area (Å²) < 4.78 is 11.9. The van der Waals surface area contributed by atoms with Crippen LogP contribution in [0.2, 0.25) is 0 Å². The van der Waals surface area contributed by atoms with Crippen molar-refractivity contribution in [1.82, 2.24) is 0 Å². The van der Waals surface area contributed by atoms with Crippen LogP contribution in [-0.2, 0) is 0 Å². The number of hydrogen-bond acceptors (Lipinski definition) is 4. The molecule has 0 aliphatic carbocycles. The molecule has 3 rings (SSSR count). The molecule has 0 radical (unpaired) electrons. The number of ether oxygens (including phenoxy) is 2. The maximum Gasteiger partial charge on any atom is 0.129 e. The van der Waals surface area contributed by atoms with Crippen LogP contribution in [0.5, 0.6) is 11.5 Å². The first-order valence-corrected chi connectivity index (χ1v) is 11.8. The third-order valence-corrected chi connectivity index (χ3v) is 6.56.